The standard InChI is InChI=1S/C16H15BrFNO2/c1-20-13-2-3-14(18)15(8-13)19-9-11-7-12(17)6-10-4-5-21-16(10)11/h2-3,6-8,19H,4-5,9H2,1H3. The molecule has 21 heavy (non-hydrogen) atoms. The molecule has 0 fully saturated rings. The summed E-state index contributed by atoms with van der Waals surface area (Å²) >= 11 is 3.50. The lowest BCUT2D eigenvalue weighted by atomic mass is 10.1. The number of ether oxygens (including phenoxy) is 2. The normalized spacial score (nSPS) is 12.7. The number of nitrogens with one attached hydrogen (secondary N) is 1. The van der Waals surface area contributed by atoms with Gasteiger partial charge in [0.15, 0.2) is 0 Å². The summed E-state index contributed by atoms with van der Waals surface area (Å²) < 4.78 is 25.6. The molecule has 110 valence electrons. The van der Waals surface area contributed by atoms with Crippen molar-refractivity contribution in [2.75, 3.05) is 19.0 Å². The Morgan fingerprint density at radius 2 is 2.19 bits per heavy atom. The van der Waals surface area contributed by atoms with Gasteiger partial charge in [0.2, 0.25) is 0 Å². The van der Waals surface area contributed by atoms with Crippen molar-refractivity contribution in [2.45, 2.75) is 13.0 Å². The molecule has 0 saturated carbocycles. The largest absolute Gasteiger partial charge is 0.497 e. The fourth-order valence-corrected chi connectivity index (χ4v) is 2.99. The van der Waals surface area contributed by atoms with E-state index in [1.165, 1.54) is 11.6 Å². The summed E-state index contributed by atoms with van der Waals surface area (Å²) in [4.78, 5) is 0. The molecule has 0 spiro atoms. The highest BCUT2D eigenvalue weighted by molar-refractivity contribution is 9.10. The van der Waals surface area contributed by atoms with Crippen LogP contribution in [-0.4, -0.2) is 13.7 Å². The number of rotatable bonds is 4. The first-order valence-electron chi connectivity index (χ1n) is 6.69. The molecule has 1 aliphatic heterocycles. The van der Waals surface area contributed by atoms with Crippen LogP contribution in [0.3, 0.4) is 0 Å². The fourth-order valence-electron chi connectivity index (χ4n) is 2.43. The Labute approximate surface area is 131 Å². The number of anilines is 1. The number of halogens is 2. The second kappa shape index (κ2) is 5.93. The first-order valence-corrected chi connectivity index (χ1v) is 7.48. The summed E-state index contributed by atoms with van der Waals surface area (Å²) in [5, 5.41) is 3.11. The molecule has 0 atom stereocenters. The van der Waals surface area contributed by atoms with E-state index in [1.807, 2.05) is 6.07 Å². The van der Waals surface area contributed by atoms with Gasteiger partial charge >= 0.3 is 0 Å². The van der Waals surface area contributed by atoms with Crippen LogP contribution in [0, 0.1) is 5.82 Å². The summed E-state index contributed by atoms with van der Waals surface area (Å²) in [6.45, 7) is 1.19. The minimum Gasteiger partial charge on any atom is -0.497 e. The lowest BCUT2D eigenvalue weighted by Gasteiger charge is -2.12. The van der Waals surface area contributed by atoms with Gasteiger partial charge in [0.25, 0.3) is 0 Å². The SMILES string of the molecule is COc1ccc(F)c(NCc2cc(Br)cc3c2OCC3)c1. The van der Waals surface area contributed by atoms with E-state index < -0.39 is 0 Å². The van der Waals surface area contributed by atoms with Crippen LogP contribution in [0.25, 0.3) is 0 Å². The van der Waals surface area contributed by atoms with Crippen LogP contribution < -0.4 is 14.8 Å². The lowest BCUT2D eigenvalue weighted by molar-refractivity contribution is 0.354. The first-order chi connectivity index (χ1) is 10.2. The van der Waals surface area contributed by atoms with Gasteiger partial charge in [-0.1, -0.05) is 15.9 Å². The van der Waals surface area contributed by atoms with Gasteiger partial charge in [0.05, 0.1) is 19.4 Å². The molecule has 0 amide bonds. The van der Waals surface area contributed by atoms with Gasteiger partial charge in [-0.15, -0.1) is 0 Å². The molecular weight excluding hydrogens is 337 g/mol. The minimum absolute atomic E-state index is 0.302. The van der Waals surface area contributed by atoms with E-state index in [1.54, 1.807) is 19.2 Å². The highest BCUT2D eigenvalue weighted by atomic mass is 79.9. The minimum atomic E-state index is -0.302. The molecule has 3 rings (SSSR count). The molecule has 0 saturated heterocycles. The van der Waals surface area contributed by atoms with E-state index in [4.69, 9.17) is 9.47 Å². The maximum absolute atomic E-state index is 13.8. The number of hydrogen-bond acceptors (Lipinski definition) is 3. The molecule has 5 heteroatoms. The maximum atomic E-state index is 13.8. The van der Waals surface area contributed by atoms with Crippen molar-refractivity contribution in [1.29, 1.82) is 0 Å². The Morgan fingerprint density at radius 1 is 1.33 bits per heavy atom. The highest BCUT2D eigenvalue weighted by Crippen LogP contribution is 2.33. The predicted octanol–water partition coefficient (Wildman–Crippen LogP) is 4.14. The molecule has 2 aromatic rings. The van der Waals surface area contributed by atoms with Crippen LogP contribution in [0.15, 0.2) is 34.8 Å². The Bertz CT molecular complexity index is 676. The van der Waals surface area contributed by atoms with Crippen LogP contribution >= 0.6 is 15.9 Å². The number of hydrogen-bond donors (Lipinski definition) is 1. The summed E-state index contributed by atoms with van der Waals surface area (Å²) in [5.41, 5.74) is 2.62. The topological polar surface area (TPSA) is 30.5 Å². The lowest BCUT2D eigenvalue weighted by Crippen LogP contribution is -2.03. The number of fused-ring (bicyclic) bond motifs is 1. The summed E-state index contributed by atoms with van der Waals surface area (Å²) in [5.74, 6) is 1.23. The molecule has 0 bridgehead atoms. The monoisotopic (exact) mass is 351 g/mol. The van der Waals surface area contributed by atoms with E-state index in [0.717, 1.165) is 22.2 Å². The van der Waals surface area contributed by atoms with Crippen molar-refractivity contribution in [1.82, 2.24) is 0 Å². The van der Waals surface area contributed by atoms with Crippen molar-refractivity contribution in [3.8, 4) is 11.5 Å². The van der Waals surface area contributed by atoms with E-state index in [2.05, 4.69) is 27.3 Å². The Balaban J connectivity index is 1.82. The van der Waals surface area contributed by atoms with Gasteiger partial charge < -0.3 is 14.8 Å². The van der Waals surface area contributed by atoms with Crippen LogP contribution in [0.4, 0.5) is 10.1 Å². The Kier molecular flexibility index (Phi) is 4.01. The van der Waals surface area contributed by atoms with Gasteiger partial charge in [0.1, 0.15) is 17.3 Å². The highest BCUT2D eigenvalue weighted by Gasteiger charge is 2.17. The van der Waals surface area contributed by atoms with Gasteiger partial charge in [-0.25, -0.2) is 4.39 Å². The third-order valence-corrected chi connectivity index (χ3v) is 3.93. The summed E-state index contributed by atoms with van der Waals surface area (Å²) in [6, 6.07) is 8.70. The molecule has 0 aliphatic carbocycles. The van der Waals surface area contributed by atoms with Crippen molar-refractivity contribution in [2.24, 2.45) is 0 Å². The molecule has 1 aliphatic rings. The average molecular weight is 352 g/mol. The zero-order valence-electron chi connectivity index (χ0n) is 11.6. The van der Waals surface area contributed by atoms with E-state index in [9.17, 15) is 4.39 Å². The van der Waals surface area contributed by atoms with Crippen molar-refractivity contribution < 1.29 is 13.9 Å². The Hall–Kier alpha value is -1.75. The molecular formula is C16H15BrFNO2. The first kappa shape index (κ1) is 14.2. The van der Waals surface area contributed by atoms with Crippen LogP contribution in [-0.2, 0) is 13.0 Å². The van der Waals surface area contributed by atoms with Crippen molar-refractivity contribution in [3.63, 3.8) is 0 Å². The zero-order valence-corrected chi connectivity index (χ0v) is 13.2. The van der Waals surface area contributed by atoms with Crippen LogP contribution in [0.1, 0.15) is 11.1 Å². The second-order valence-electron chi connectivity index (χ2n) is 4.85. The smallest absolute Gasteiger partial charge is 0.146 e. The van der Waals surface area contributed by atoms with Gasteiger partial charge in [-0.3, -0.25) is 0 Å². The number of benzene rings is 2. The molecule has 0 unspecified atom stereocenters. The average Bonchev–Trinajstić information content (AvgIpc) is 2.94. The summed E-state index contributed by atoms with van der Waals surface area (Å²) in [6.07, 6.45) is 0.912. The van der Waals surface area contributed by atoms with Crippen molar-refractivity contribution in [3.05, 3.63) is 51.7 Å². The van der Waals surface area contributed by atoms with Crippen molar-refractivity contribution >= 4 is 21.6 Å². The molecule has 0 aromatic heterocycles. The number of methoxy groups -OCH3 is 1. The van der Waals surface area contributed by atoms with E-state index in [0.29, 0.717) is 24.6 Å². The quantitative estimate of drug-likeness (QED) is 0.897. The third kappa shape index (κ3) is 2.97. The fraction of sp³-hybridized carbons (Fsp3) is 0.250. The van der Waals surface area contributed by atoms with Gasteiger partial charge in [-0.05, 0) is 29.8 Å². The van der Waals surface area contributed by atoms with E-state index >= 15 is 0 Å². The summed E-state index contributed by atoms with van der Waals surface area (Å²) in [7, 11) is 1.56. The van der Waals surface area contributed by atoms with Crippen LogP contribution in [0.5, 0.6) is 11.5 Å². The molecule has 3 nitrogen and oxygen atoms in total. The zero-order chi connectivity index (χ0) is 14.8. The third-order valence-electron chi connectivity index (χ3n) is 3.47. The molecule has 1 heterocycles. The molecule has 2 aromatic carbocycles. The maximum Gasteiger partial charge on any atom is 0.146 e. The predicted molar refractivity (Wildman–Crippen MR) is 83.6 cm³/mol. The Morgan fingerprint density at radius 3 is 3.00 bits per heavy atom. The molecule has 0 radical (unpaired) electrons. The molecule has 1 N–H and O–H groups in total. The van der Waals surface area contributed by atoms with Gasteiger partial charge in [0, 0.05) is 29.1 Å². The second-order valence-corrected chi connectivity index (χ2v) is 5.77. The van der Waals surface area contributed by atoms with Gasteiger partial charge in [-0.2, -0.15) is 0 Å². The van der Waals surface area contributed by atoms with Crippen LogP contribution in [0.2, 0.25) is 0 Å². The van der Waals surface area contributed by atoms with E-state index in [-0.39, 0.29) is 5.82 Å².